The molecule has 2 rings (SSSR count). The number of methoxy groups -OCH3 is 1. The van der Waals surface area contributed by atoms with Gasteiger partial charge in [0.1, 0.15) is 0 Å². The Kier molecular flexibility index (Phi) is 5.88. The first-order valence-electron chi connectivity index (χ1n) is 6.98. The van der Waals surface area contributed by atoms with Gasteiger partial charge in [-0.05, 0) is 13.0 Å². The first-order chi connectivity index (χ1) is 9.83. The van der Waals surface area contributed by atoms with Crippen LogP contribution in [-0.2, 0) is 16.0 Å². The molecular formula is C14H23N3O3. The summed E-state index contributed by atoms with van der Waals surface area (Å²) in [6, 6.07) is 1.93. The van der Waals surface area contributed by atoms with E-state index in [0.717, 1.165) is 31.2 Å². The third kappa shape index (κ3) is 4.25. The summed E-state index contributed by atoms with van der Waals surface area (Å²) in [5, 5.41) is 3.33. The normalized spacial score (nSPS) is 20.2. The maximum Gasteiger partial charge on any atom is 0.194 e. The lowest BCUT2D eigenvalue weighted by molar-refractivity contribution is -0.0447. The van der Waals surface area contributed by atoms with E-state index in [1.54, 1.807) is 19.6 Å². The predicted molar refractivity (Wildman–Crippen MR) is 76.7 cm³/mol. The zero-order chi connectivity index (χ0) is 14.2. The highest BCUT2D eigenvalue weighted by molar-refractivity contribution is 5.80. The van der Waals surface area contributed by atoms with Gasteiger partial charge in [-0.25, -0.2) is 4.99 Å². The number of rotatable bonds is 5. The molecule has 112 valence electrons. The first kappa shape index (κ1) is 14.9. The molecule has 1 aromatic rings. The van der Waals surface area contributed by atoms with Crippen molar-refractivity contribution in [3.8, 4) is 0 Å². The summed E-state index contributed by atoms with van der Waals surface area (Å²) in [4.78, 5) is 6.87. The van der Waals surface area contributed by atoms with E-state index < -0.39 is 0 Å². The van der Waals surface area contributed by atoms with Gasteiger partial charge >= 0.3 is 0 Å². The van der Waals surface area contributed by atoms with Crippen molar-refractivity contribution < 1.29 is 13.9 Å². The summed E-state index contributed by atoms with van der Waals surface area (Å²) >= 11 is 0. The third-order valence-corrected chi connectivity index (χ3v) is 3.12. The quantitative estimate of drug-likeness (QED) is 0.647. The summed E-state index contributed by atoms with van der Waals surface area (Å²) in [7, 11) is 1.69. The fraction of sp³-hybridized carbons (Fsp3) is 0.643. The molecule has 1 aromatic heterocycles. The molecule has 6 heteroatoms. The molecule has 1 atom stereocenters. The molecule has 1 aliphatic rings. The van der Waals surface area contributed by atoms with Gasteiger partial charge in [0.05, 0.1) is 38.4 Å². The SMILES string of the molecule is CCNC(=NCc1ccoc1)N1CCOC(COC)C1. The molecule has 0 bridgehead atoms. The van der Waals surface area contributed by atoms with Crippen LogP contribution in [0.5, 0.6) is 0 Å². The molecule has 1 N–H and O–H groups in total. The number of furan rings is 1. The van der Waals surface area contributed by atoms with Gasteiger partial charge in [0.2, 0.25) is 0 Å². The van der Waals surface area contributed by atoms with Crippen LogP contribution in [0.15, 0.2) is 28.0 Å². The second-order valence-electron chi connectivity index (χ2n) is 4.70. The highest BCUT2D eigenvalue weighted by Gasteiger charge is 2.22. The lowest BCUT2D eigenvalue weighted by Crippen LogP contribution is -2.51. The first-order valence-corrected chi connectivity index (χ1v) is 6.98. The fourth-order valence-corrected chi connectivity index (χ4v) is 2.17. The van der Waals surface area contributed by atoms with Gasteiger partial charge < -0.3 is 24.1 Å². The average Bonchev–Trinajstić information content (AvgIpc) is 2.97. The molecule has 0 saturated carbocycles. The van der Waals surface area contributed by atoms with E-state index in [0.29, 0.717) is 19.8 Å². The van der Waals surface area contributed by atoms with E-state index in [4.69, 9.17) is 13.9 Å². The van der Waals surface area contributed by atoms with Gasteiger partial charge in [0, 0.05) is 32.3 Å². The molecule has 0 amide bonds. The zero-order valence-electron chi connectivity index (χ0n) is 12.2. The monoisotopic (exact) mass is 281 g/mol. The Morgan fingerprint density at radius 1 is 1.60 bits per heavy atom. The second-order valence-corrected chi connectivity index (χ2v) is 4.70. The Labute approximate surface area is 119 Å². The van der Waals surface area contributed by atoms with Gasteiger partial charge in [-0.2, -0.15) is 0 Å². The number of aliphatic imine (C=N–C) groups is 1. The molecule has 1 fully saturated rings. The molecule has 1 aliphatic heterocycles. The molecule has 0 aromatic carbocycles. The largest absolute Gasteiger partial charge is 0.472 e. The minimum Gasteiger partial charge on any atom is -0.472 e. The molecule has 2 heterocycles. The molecule has 0 radical (unpaired) electrons. The lowest BCUT2D eigenvalue weighted by atomic mass is 10.3. The Bertz CT molecular complexity index is 404. The van der Waals surface area contributed by atoms with Crippen molar-refractivity contribution in [2.75, 3.05) is 40.0 Å². The molecule has 0 aliphatic carbocycles. The van der Waals surface area contributed by atoms with E-state index in [1.807, 2.05) is 6.07 Å². The number of nitrogens with zero attached hydrogens (tertiary/aromatic N) is 2. The van der Waals surface area contributed by atoms with E-state index in [-0.39, 0.29) is 6.10 Å². The molecule has 6 nitrogen and oxygen atoms in total. The lowest BCUT2D eigenvalue weighted by Gasteiger charge is -2.34. The Balaban J connectivity index is 1.97. The molecule has 1 unspecified atom stereocenters. The zero-order valence-corrected chi connectivity index (χ0v) is 12.2. The van der Waals surface area contributed by atoms with Crippen LogP contribution in [-0.4, -0.2) is 56.9 Å². The van der Waals surface area contributed by atoms with Crippen molar-refractivity contribution in [3.05, 3.63) is 24.2 Å². The average molecular weight is 281 g/mol. The van der Waals surface area contributed by atoms with Crippen LogP contribution in [0.1, 0.15) is 12.5 Å². The van der Waals surface area contributed by atoms with E-state index in [2.05, 4.69) is 22.1 Å². The van der Waals surface area contributed by atoms with Crippen LogP contribution >= 0.6 is 0 Å². The number of hydrogen-bond donors (Lipinski definition) is 1. The highest BCUT2D eigenvalue weighted by Crippen LogP contribution is 2.08. The van der Waals surface area contributed by atoms with Gasteiger partial charge in [-0.3, -0.25) is 0 Å². The molecule has 0 spiro atoms. The third-order valence-electron chi connectivity index (χ3n) is 3.12. The number of nitrogens with one attached hydrogen (secondary N) is 1. The van der Waals surface area contributed by atoms with Crippen LogP contribution in [0.2, 0.25) is 0 Å². The van der Waals surface area contributed by atoms with Gasteiger partial charge in [0.15, 0.2) is 5.96 Å². The number of guanidine groups is 1. The standard InChI is InChI=1S/C14H23N3O3/c1-3-15-14(16-8-12-4-6-19-10-12)17-5-7-20-13(9-17)11-18-2/h4,6,10,13H,3,5,7-9,11H2,1-2H3,(H,15,16). The predicted octanol–water partition coefficient (Wildman–Crippen LogP) is 1.09. The fourth-order valence-electron chi connectivity index (χ4n) is 2.17. The molecule has 20 heavy (non-hydrogen) atoms. The summed E-state index contributed by atoms with van der Waals surface area (Å²) in [5.41, 5.74) is 1.07. The topological polar surface area (TPSA) is 59.2 Å². The maximum absolute atomic E-state index is 5.66. The number of morpholine rings is 1. The van der Waals surface area contributed by atoms with Crippen molar-refractivity contribution in [1.82, 2.24) is 10.2 Å². The van der Waals surface area contributed by atoms with Crippen molar-refractivity contribution >= 4 is 5.96 Å². The van der Waals surface area contributed by atoms with Crippen molar-refractivity contribution in [1.29, 1.82) is 0 Å². The van der Waals surface area contributed by atoms with Crippen LogP contribution in [0.4, 0.5) is 0 Å². The number of hydrogen-bond acceptors (Lipinski definition) is 4. The Morgan fingerprint density at radius 2 is 2.50 bits per heavy atom. The van der Waals surface area contributed by atoms with Crippen LogP contribution < -0.4 is 5.32 Å². The minimum absolute atomic E-state index is 0.103. The second kappa shape index (κ2) is 7.91. The minimum atomic E-state index is 0.103. The summed E-state index contributed by atoms with van der Waals surface area (Å²) < 4.78 is 15.9. The molecule has 1 saturated heterocycles. The Morgan fingerprint density at radius 3 is 3.20 bits per heavy atom. The van der Waals surface area contributed by atoms with Gasteiger partial charge in [-0.15, -0.1) is 0 Å². The van der Waals surface area contributed by atoms with Crippen LogP contribution in [0, 0.1) is 0 Å². The van der Waals surface area contributed by atoms with Crippen molar-refractivity contribution in [2.24, 2.45) is 4.99 Å². The van der Waals surface area contributed by atoms with E-state index in [9.17, 15) is 0 Å². The van der Waals surface area contributed by atoms with Crippen molar-refractivity contribution in [2.45, 2.75) is 19.6 Å². The summed E-state index contributed by atoms with van der Waals surface area (Å²) in [6.07, 6.45) is 3.49. The van der Waals surface area contributed by atoms with Gasteiger partial charge in [-0.1, -0.05) is 0 Å². The highest BCUT2D eigenvalue weighted by atomic mass is 16.5. The van der Waals surface area contributed by atoms with Crippen molar-refractivity contribution in [3.63, 3.8) is 0 Å². The summed E-state index contributed by atoms with van der Waals surface area (Å²) in [5.74, 6) is 0.915. The summed E-state index contributed by atoms with van der Waals surface area (Å²) in [6.45, 7) is 6.48. The van der Waals surface area contributed by atoms with E-state index >= 15 is 0 Å². The van der Waals surface area contributed by atoms with E-state index in [1.165, 1.54) is 0 Å². The number of ether oxygens (including phenoxy) is 2. The van der Waals surface area contributed by atoms with Gasteiger partial charge in [0.25, 0.3) is 0 Å². The maximum atomic E-state index is 5.66. The molecular weight excluding hydrogens is 258 g/mol. The van der Waals surface area contributed by atoms with Crippen LogP contribution in [0.25, 0.3) is 0 Å². The van der Waals surface area contributed by atoms with Crippen LogP contribution in [0.3, 0.4) is 0 Å². The Hall–Kier alpha value is -1.53. The smallest absolute Gasteiger partial charge is 0.194 e.